The third kappa shape index (κ3) is 2.88. The lowest BCUT2D eigenvalue weighted by molar-refractivity contribution is -0.143. The number of nitrogens with zero attached hydrogens (tertiary/aromatic N) is 1. The van der Waals surface area contributed by atoms with Crippen molar-refractivity contribution in [2.24, 2.45) is 0 Å². The van der Waals surface area contributed by atoms with E-state index >= 15 is 0 Å². The smallest absolute Gasteiger partial charge is 0.319 e. The first-order chi connectivity index (χ1) is 8.81. The molecule has 0 radical (unpaired) electrons. The quantitative estimate of drug-likeness (QED) is 0.756. The molecule has 0 amide bonds. The van der Waals surface area contributed by atoms with Gasteiger partial charge in [0.2, 0.25) is 0 Å². The highest BCUT2D eigenvalue weighted by molar-refractivity contribution is 5.77. The molecule has 0 fully saturated rings. The van der Waals surface area contributed by atoms with Gasteiger partial charge in [-0.05, 0) is 24.3 Å². The number of rotatable bonds is 5. The van der Waals surface area contributed by atoms with Gasteiger partial charge in [-0.1, -0.05) is 0 Å². The van der Waals surface area contributed by atoms with Gasteiger partial charge in [0.25, 0.3) is 0 Å². The number of furan rings is 1. The number of carbonyl (C=O) groups excluding carboxylic acids is 1. The van der Waals surface area contributed by atoms with E-state index in [0.717, 1.165) is 0 Å². The average Bonchev–Trinajstić information content (AvgIpc) is 2.94. The topological polar surface area (TPSA) is 61.6 Å². The van der Waals surface area contributed by atoms with Crippen LogP contribution in [-0.2, 0) is 9.53 Å². The van der Waals surface area contributed by atoms with Gasteiger partial charge in [0, 0.05) is 6.20 Å². The summed E-state index contributed by atoms with van der Waals surface area (Å²) < 4.78 is 15.4. The van der Waals surface area contributed by atoms with E-state index in [-0.39, 0.29) is 6.61 Å². The zero-order valence-electron chi connectivity index (χ0n) is 9.91. The second kappa shape index (κ2) is 5.86. The molecule has 5 heteroatoms. The summed E-state index contributed by atoms with van der Waals surface area (Å²) in [5.41, 5.74) is 0. The molecule has 0 bridgehead atoms. The lowest BCUT2D eigenvalue weighted by Gasteiger charge is -2.13. The molecule has 0 saturated carbocycles. The van der Waals surface area contributed by atoms with Crippen molar-refractivity contribution in [2.45, 2.75) is 5.92 Å². The van der Waals surface area contributed by atoms with Gasteiger partial charge in [-0.3, -0.25) is 9.78 Å². The highest BCUT2D eigenvalue weighted by Gasteiger charge is 2.25. The molecule has 0 aromatic carbocycles. The normalized spacial score (nSPS) is 11.8. The van der Waals surface area contributed by atoms with Gasteiger partial charge in [-0.15, -0.1) is 0 Å². The van der Waals surface area contributed by atoms with Crippen LogP contribution in [0.4, 0.5) is 0 Å². The molecule has 2 aromatic rings. The number of methoxy groups -OCH3 is 1. The Bertz CT molecular complexity index is 481. The molecule has 2 aromatic heterocycles. The van der Waals surface area contributed by atoms with E-state index in [1.165, 1.54) is 13.4 Å². The van der Waals surface area contributed by atoms with Crippen LogP contribution in [0.5, 0.6) is 5.75 Å². The Kier molecular flexibility index (Phi) is 3.96. The summed E-state index contributed by atoms with van der Waals surface area (Å²) in [6.07, 6.45) is 4.74. The summed E-state index contributed by atoms with van der Waals surface area (Å²) in [4.78, 5) is 15.6. The first-order valence-electron chi connectivity index (χ1n) is 5.45. The van der Waals surface area contributed by atoms with Crippen LogP contribution in [0.2, 0.25) is 0 Å². The lowest BCUT2D eigenvalue weighted by Crippen LogP contribution is -2.20. The van der Waals surface area contributed by atoms with Gasteiger partial charge in [0.15, 0.2) is 0 Å². The van der Waals surface area contributed by atoms with E-state index in [1.807, 2.05) is 0 Å². The summed E-state index contributed by atoms with van der Waals surface area (Å²) in [7, 11) is 1.34. The minimum absolute atomic E-state index is 0.145. The van der Waals surface area contributed by atoms with E-state index in [0.29, 0.717) is 11.5 Å². The van der Waals surface area contributed by atoms with Crippen LogP contribution in [0.1, 0.15) is 11.7 Å². The van der Waals surface area contributed by atoms with Crippen LogP contribution >= 0.6 is 0 Å². The number of ether oxygens (including phenoxy) is 2. The maximum Gasteiger partial charge on any atom is 0.319 e. The fourth-order valence-electron chi connectivity index (χ4n) is 1.51. The van der Waals surface area contributed by atoms with Gasteiger partial charge in [-0.2, -0.15) is 0 Å². The zero-order chi connectivity index (χ0) is 12.8. The van der Waals surface area contributed by atoms with Crippen molar-refractivity contribution in [1.29, 1.82) is 0 Å². The van der Waals surface area contributed by atoms with Crippen LogP contribution in [0.15, 0.2) is 47.3 Å². The lowest BCUT2D eigenvalue weighted by atomic mass is 10.1. The summed E-state index contributed by atoms with van der Waals surface area (Å²) in [5, 5.41) is 0. The van der Waals surface area contributed by atoms with E-state index in [9.17, 15) is 4.79 Å². The molecule has 1 atom stereocenters. The summed E-state index contributed by atoms with van der Waals surface area (Å²) in [6.45, 7) is 0.145. The third-order valence-corrected chi connectivity index (χ3v) is 2.42. The molecule has 0 aliphatic heterocycles. The number of aromatic nitrogens is 1. The molecule has 2 heterocycles. The van der Waals surface area contributed by atoms with Crippen molar-refractivity contribution in [2.75, 3.05) is 13.7 Å². The molecule has 0 spiro atoms. The van der Waals surface area contributed by atoms with Crippen molar-refractivity contribution < 1.29 is 18.7 Å². The highest BCUT2D eigenvalue weighted by atomic mass is 16.5. The molecule has 0 N–H and O–H groups in total. The van der Waals surface area contributed by atoms with Crippen molar-refractivity contribution in [1.82, 2.24) is 4.98 Å². The molecule has 5 nitrogen and oxygen atoms in total. The molecular formula is C13H13NO4. The average molecular weight is 247 g/mol. The molecule has 0 aliphatic carbocycles. The monoisotopic (exact) mass is 247 g/mol. The Labute approximate surface area is 104 Å². The van der Waals surface area contributed by atoms with Crippen molar-refractivity contribution in [3.8, 4) is 5.75 Å². The van der Waals surface area contributed by atoms with Crippen LogP contribution in [-0.4, -0.2) is 24.7 Å². The minimum Gasteiger partial charge on any atom is -0.491 e. The number of hydrogen-bond acceptors (Lipinski definition) is 5. The van der Waals surface area contributed by atoms with Crippen molar-refractivity contribution in [3.63, 3.8) is 0 Å². The van der Waals surface area contributed by atoms with Crippen LogP contribution in [0.25, 0.3) is 0 Å². The molecule has 0 aliphatic rings. The van der Waals surface area contributed by atoms with Gasteiger partial charge in [0.1, 0.15) is 24.0 Å². The maximum atomic E-state index is 11.7. The first-order valence-corrected chi connectivity index (χ1v) is 5.45. The van der Waals surface area contributed by atoms with E-state index < -0.39 is 11.9 Å². The van der Waals surface area contributed by atoms with Gasteiger partial charge < -0.3 is 13.9 Å². The SMILES string of the molecule is COC(=O)C(COc1cccnc1)c1ccco1. The number of esters is 1. The summed E-state index contributed by atoms with van der Waals surface area (Å²) in [5.74, 6) is 0.141. The van der Waals surface area contributed by atoms with Gasteiger partial charge in [-0.25, -0.2) is 0 Å². The molecule has 94 valence electrons. The van der Waals surface area contributed by atoms with Crippen molar-refractivity contribution in [3.05, 3.63) is 48.7 Å². The standard InChI is InChI=1S/C13H13NO4/c1-16-13(15)11(12-5-3-7-17-12)9-18-10-4-2-6-14-8-10/h2-8,11H,9H2,1H3. The van der Waals surface area contributed by atoms with Crippen molar-refractivity contribution >= 4 is 5.97 Å². The Morgan fingerprint density at radius 1 is 1.44 bits per heavy atom. The molecule has 2 rings (SSSR count). The summed E-state index contributed by atoms with van der Waals surface area (Å²) >= 11 is 0. The number of carbonyl (C=O) groups is 1. The highest BCUT2D eigenvalue weighted by Crippen LogP contribution is 2.19. The Hall–Kier alpha value is -2.30. The first kappa shape index (κ1) is 12.2. The van der Waals surface area contributed by atoms with Crippen LogP contribution in [0, 0.1) is 0 Å². The molecule has 1 unspecified atom stereocenters. The fourth-order valence-corrected chi connectivity index (χ4v) is 1.51. The van der Waals surface area contributed by atoms with E-state index in [2.05, 4.69) is 4.98 Å². The van der Waals surface area contributed by atoms with Crippen LogP contribution < -0.4 is 4.74 Å². The Morgan fingerprint density at radius 2 is 2.33 bits per heavy atom. The fraction of sp³-hybridized carbons (Fsp3) is 0.231. The van der Waals surface area contributed by atoms with E-state index in [4.69, 9.17) is 13.9 Å². The number of pyridine rings is 1. The maximum absolute atomic E-state index is 11.7. The summed E-state index contributed by atoms with van der Waals surface area (Å²) in [6, 6.07) is 6.96. The third-order valence-electron chi connectivity index (χ3n) is 2.42. The number of hydrogen-bond donors (Lipinski definition) is 0. The largest absolute Gasteiger partial charge is 0.491 e. The van der Waals surface area contributed by atoms with E-state index in [1.54, 1.807) is 36.7 Å². The minimum atomic E-state index is -0.579. The Balaban J connectivity index is 2.05. The second-order valence-corrected chi connectivity index (χ2v) is 3.59. The molecular weight excluding hydrogens is 234 g/mol. The zero-order valence-corrected chi connectivity index (χ0v) is 9.91. The molecule has 18 heavy (non-hydrogen) atoms. The second-order valence-electron chi connectivity index (χ2n) is 3.59. The molecule has 0 saturated heterocycles. The van der Waals surface area contributed by atoms with Crippen LogP contribution in [0.3, 0.4) is 0 Å². The van der Waals surface area contributed by atoms with Gasteiger partial charge in [0.05, 0.1) is 19.6 Å². The predicted molar refractivity (Wildman–Crippen MR) is 63.2 cm³/mol. The Morgan fingerprint density at radius 3 is 2.94 bits per heavy atom. The van der Waals surface area contributed by atoms with Gasteiger partial charge >= 0.3 is 5.97 Å². The predicted octanol–water partition coefficient (Wildman–Crippen LogP) is 2.01.